The average molecular weight is 290 g/mol. The van der Waals surface area contributed by atoms with E-state index < -0.39 is 0 Å². The Bertz CT molecular complexity index is 353. The SMILES string of the molecule is C[C@H](NCCCO[C@@H]1CCOC1)c1ccc(Cl)s1. The third-order valence-electron chi connectivity index (χ3n) is 3.03. The molecule has 1 fully saturated rings. The smallest absolute Gasteiger partial charge is 0.0931 e. The summed E-state index contributed by atoms with van der Waals surface area (Å²) in [5.74, 6) is 0. The monoisotopic (exact) mass is 289 g/mol. The Morgan fingerprint density at radius 3 is 3.17 bits per heavy atom. The number of hydrogen-bond donors (Lipinski definition) is 1. The van der Waals surface area contributed by atoms with Gasteiger partial charge in [-0.15, -0.1) is 11.3 Å². The first-order valence-electron chi connectivity index (χ1n) is 6.43. The predicted molar refractivity (Wildman–Crippen MR) is 75.5 cm³/mol. The topological polar surface area (TPSA) is 30.5 Å². The standard InChI is InChI=1S/C13H20ClNO2S/c1-10(12-3-4-13(14)18-12)15-6-2-7-17-11-5-8-16-9-11/h3-4,10-11,15H,2,5-9H2,1H3/t10-,11+/m0/s1. The van der Waals surface area contributed by atoms with Crippen LogP contribution in [0.1, 0.15) is 30.7 Å². The van der Waals surface area contributed by atoms with Gasteiger partial charge in [0.2, 0.25) is 0 Å². The van der Waals surface area contributed by atoms with Gasteiger partial charge in [0, 0.05) is 24.1 Å². The minimum absolute atomic E-state index is 0.318. The average Bonchev–Trinajstić information content (AvgIpc) is 2.99. The summed E-state index contributed by atoms with van der Waals surface area (Å²) in [4.78, 5) is 1.28. The van der Waals surface area contributed by atoms with Gasteiger partial charge >= 0.3 is 0 Å². The summed E-state index contributed by atoms with van der Waals surface area (Å²) in [5, 5.41) is 3.48. The third-order valence-corrected chi connectivity index (χ3v) is 4.45. The number of nitrogens with one attached hydrogen (secondary N) is 1. The van der Waals surface area contributed by atoms with Crippen LogP contribution >= 0.6 is 22.9 Å². The van der Waals surface area contributed by atoms with E-state index in [-0.39, 0.29) is 0 Å². The molecule has 1 N–H and O–H groups in total. The Hall–Kier alpha value is -0.130. The van der Waals surface area contributed by atoms with Crippen molar-refractivity contribution in [3.63, 3.8) is 0 Å². The Morgan fingerprint density at radius 2 is 2.50 bits per heavy atom. The highest BCUT2D eigenvalue weighted by Gasteiger charge is 2.15. The molecule has 5 heteroatoms. The van der Waals surface area contributed by atoms with E-state index >= 15 is 0 Å². The summed E-state index contributed by atoms with van der Waals surface area (Å²) in [7, 11) is 0. The maximum Gasteiger partial charge on any atom is 0.0931 e. The second-order valence-corrected chi connectivity index (χ2v) is 6.27. The van der Waals surface area contributed by atoms with Crippen molar-refractivity contribution in [2.75, 3.05) is 26.4 Å². The van der Waals surface area contributed by atoms with Crippen molar-refractivity contribution in [3.8, 4) is 0 Å². The zero-order valence-corrected chi connectivity index (χ0v) is 12.2. The second kappa shape index (κ2) is 7.46. The Morgan fingerprint density at radius 1 is 1.61 bits per heavy atom. The summed E-state index contributed by atoms with van der Waals surface area (Å²) < 4.78 is 11.8. The van der Waals surface area contributed by atoms with Gasteiger partial charge in [0.05, 0.1) is 17.0 Å². The molecule has 1 aromatic rings. The number of ether oxygens (including phenoxy) is 2. The second-order valence-electron chi connectivity index (χ2n) is 4.53. The maximum absolute atomic E-state index is 5.92. The zero-order valence-electron chi connectivity index (χ0n) is 10.7. The van der Waals surface area contributed by atoms with Crippen LogP contribution in [0.5, 0.6) is 0 Å². The third kappa shape index (κ3) is 4.52. The molecule has 2 heterocycles. The Balaban J connectivity index is 1.54. The van der Waals surface area contributed by atoms with Gasteiger partial charge < -0.3 is 14.8 Å². The van der Waals surface area contributed by atoms with Crippen molar-refractivity contribution in [1.82, 2.24) is 5.32 Å². The zero-order chi connectivity index (χ0) is 12.8. The van der Waals surface area contributed by atoms with Crippen LogP contribution in [-0.2, 0) is 9.47 Å². The van der Waals surface area contributed by atoms with Crippen molar-refractivity contribution < 1.29 is 9.47 Å². The van der Waals surface area contributed by atoms with E-state index in [1.165, 1.54) is 4.88 Å². The van der Waals surface area contributed by atoms with E-state index in [0.717, 1.165) is 43.5 Å². The fourth-order valence-electron chi connectivity index (χ4n) is 1.95. The van der Waals surface area contributed by atoms with Gasteiger partial charge in [0.25, 0.3) is 0 Å². The molecule has 0 spiro atoms. The quantitative estimate of drug-likeness (QED) is 0.782. The number of hydrogen-bond acceptors (Lipinski definition) is 4. The lowest BCUT2D eigenvalue weighted by Crippen LogP contribution is -2.21. The summed E-state index contributed by atoms with van der Waals surface area (Å²) >= 11 is 7.56. The van der Waals surface area contributed by atoms with Gasteiger partial charge in [-0.3, -0.25) is 0 Å². The molecule has 0 bridgehead atoms. The fourth-order valence-corrected chi connectivity index (χ4v) is 3.03. The van der Waals surface area contributed by atoms with Crippen LogP contribution in [0.3, 0.4) is 0 Å². The molecule has 0 radical (unpaired) electrons. The molecule has 1 aliphatic heterocycles. The molecule has 0 saturated carbocycles. The van der Waals surface area contributed by atoms with Crippen LogP contribution < -0.4 is 5.32 Å². The summed E-state index contributed by atoms with van der Waals surface area (Å²) in [6.45, 7) is 5.54. The molecule has 102 valence electrons. The highest BCUT2D eigenvalue weighted by Crippen LogP contribution is 2.26. The molecule has 1 aliphatic rings. The molecule has 3 nitrogen and oxygen atoms in total. The lowest BCUT2D eigenvalue weighted by atomic mass is 10.2. The van der Waals surface area contributed by atoms with E-state index in [9.17, 15) is 0 Å². The van der Waals surface area contributed by atoms with Gasteiger partial charge in [-0.05, 0) is 38.4 Å². The summed E-state index contributed by atoms with van der Waals surface area (Å²) in [5.41, 5.74) is 0. The van der Waals surface area contributed by atoms with E-state index in [1.807, 2.05) is 6.07 Å². The van der Waals surface area contributed by atoms with Crippen LogP contribution in [0.15, 0.2) is 12.1 Å². The molecular weight excluding hydrogens is 270 g/mol. The first-order valence-corrected chi connectivity index (χ1v) is 7.63. The molecule has 0 amide bonds. The molecule has 0 aromatic carbocycles. The minimum Gasteiger partial charge on any atom is -0.379 e. The van der Waals surface area contributed by atoms with Crippen molar-refractivity contribution >= 4 is 22.9 Å². The number of halogens is 1. The molecule has 0 aliphatic carbocycles. The molecule has 1 aromatic heterocycles. The first-order chi connectivity index (χ1) is 8.75. The van der Waals surface area contributed by atoms with Crippen LogP contribution in [0, 0.1) is 0 Å². The van der Waals surface area contributed by atoms with Crippen LogP contribution in [0.2, 0.25) is 4.34 Å². The van der Waals surface area contributed by atoms with Crippen molar-refractivity contribution in [2.45, 2.75) is 31.9 Å². The van der Waals surface area contributed by atoms with Crippen molar-refractivity contribution in [2.24, 2.45) is 0 Å². The maximum atomic E-state index is 5.92. The summed E-state index contributed by atoms with van der Waals surface area (Å²) in [6, 6.07) is 4.39. The normalized spacial score (nSPS) is 21.3. The highest BCUT2D eigenvalue weighted by molar-refractivity contribution is 7.16. The lowest BCUT2D eigenvalue weighted by Gasteiger charge is -2.13. The molecule has 2 rings (SSSR count). The van der Waals surface area contributed by atoms with Crippen LogP contribution in [0.25, 0.3) is 0 Å². The van der Waals surface area contributed by atoms with Crippen LogP contribution in [0.4, 0.5) is 0 Å². The van der Waals surface area contributed by atoms with E-state index in [4.69, 9.17) is 21.1 Å². The Labute approximate surface area is 117 Å². The number of thiophene rings is 1. The van der Waals surface area contributed by atoms with Gasteiger partial charge in [-0.1, -0.05) is 11.6 Å². The minimum atomic E-state index is 0.318. The largest absolute Gasteiger partial charge is 0.379 e. The van der Waals surface area contributed by atoms with E-state index in [1.54, 1.807) is 11.3 Å². The van der Waals surface area contributed by atoms with Crippen molar-refractivity contribution in [3.05, 3.63) is 21.3 Å². The molecule has 1 saturated heterocycles. The number of rotatable bonds is 7. The van der Waals surface area contributed by atoms with Gasteiger partial charge in [0.15, 0.2) is 0 Å². The molecule has 18 heavy (non-hydrogen) atoms. The van der Waals surface area contributed by atoms with E-state index in [0.29, 0.717) is 12.1 Å². The first kappa shape index (κ1) is 14.3. The predicted octanol–water partition coefficient (Wildman–Crippen LogP) is 3.25. The van der Waals surface area contributed by atoms with Gasteiger partial charge in [-0.2, -0.15) is 0 Å². The van der Waals surface area contributed by atoms with Gasteiger partial charge in [0.1, 0.15) is 0 Å². The molecule has 2 atom stereocenters. The highest BCUT2D eigenvalue weighted by atomic mass is 35.5. The van der Waals surface area contributed by atoms with E-state index in [2.05, 4.69) is 18.3 Å². The lowest BCUT2D eigenvalue weighted by molar-refractivity contribution is 0.0414. The van der Waals surface area contributed by atoms with Crippen LogP contribution in [-0.4, -0.2) is 32.5 Å². The fraction of sp³-hybridized carbons (Fsp3) is 0.692. The van der Waals surface area contributed by atoms with Gasteiger partial charge in [-0.25, -0.2) is 0 Å². The van der Waals surface area contributed by atoms with Crippen molar-refractivity contribution in [1.29, 1.82) is 0 Å². The molecular formula is C13H20ClNO2S. The molecule has 0 unspecified atom stereocenters. The summed E-state index contributed by atoms with van der Waals surface area (Å²) in [6.07, 6.45) is 2.39. The Kier molecular flexibility index (Phi) is 5.92.